The van der Waals surface area contributed by atoms with E-state index in [9.17, 15) is 4.79 Å². The number of alkyl carbamates (subject to hydrolysis) is 1. The Morgan fingerprint density at radius 3 is 2.74 bits per heavy atom. The number of nitrogens with one attached hydrogen (secondary N) is 2. The Balaban J connectivity index is 1.44. The first kappa shape index (κ1) is 14.8. The van der Waals surface area contributed by atoms with Crippen LogP contribution in [0.5, 0.6) is 0 Å². The molecule has 1 aromatic heterocycles. The number of aromatic nitrogens is 2. The molecule has 0 aliphatic heterocycles. The van der Waals surface area contributed by atoms with E-state index in [0.29, 0.717) is 6.54 Å². The number of aromatic amines is 1. The molecule has 5 nitrogen and oxygen atoms in total. The summed E-state index contributed by atoms with van der Waals surface area (Å²) in [5, 5.41) is 2.67. The standard InChI is InChI=1S/C18H17N3O2/c22-18(23-13-14-7-2-1-3-8-14)19-12-6-11-17-20-15-9-4-5-10-16(15)21-17/h1-11H,12-13H2,(H,19,22)(H,20,21). The molecule has 116 valence electrons. The minimum atomic E-state index is -0.442. The van der Waals surface area contributed by atoms with Gasteiger partial charge in [-0.3, -0.25) is 0 Å². The van der Waals surface area contributed by atoms with Crippen LogP contribution in [0.3, 0.4) is 0 Å². The van der Waals surface area contributed by atoms with Gasteiger partial charge in [0.15, 0.2) is 0 Å². The predicted octanol–water partition coefficient (Wildman–Crippen LogP) is 3.50. The summed E-state index contributed by atoms with van der Waals surface area (Å²) in [6.07, 6.45) is 3.21. The van der Waals surface area contributed by atoms with Gasteiger partial charge in [0.05, 0.1) is 11.0 Å². The van der Waals surface area contributed by atoms with Crippen molar-refractivity contribution in [2.75, 3.05) is 6.54 Å². The molecule has 2 aromatic carbocycles. The Bertz CT molecular complexity index is 776. The average Bonchev–Trinajstić information content (AvgIpc) is 3.00. The van der Waals surface area contributed by atoms with Crippen LogP contribution in [0.2, 0.25) is 0 Å². The molecule has 0 fully saturated rings. The van der Waals surface area contributed by atoms with E-state index in [1.165, 1.54) is 0 Å². The third-order valence-electron chi connectivity index (χ3n) is 3.26. The molecule has 1 amide bonds. The van der Waals surface area contributed by atoms with Crippen molar-refractivity contribution in [3.05, 3.63) is 72.1 Å². The predicted molar refractivity (Wildman–Crippen MR) is 89.8 cm³/mol. The quantitative estimate of drug-likeness (QED) is 0.758. The number of imidazole rings is 1. The highest BCUT2D eigenvalue weighted by Crippen LogP contribution is 2.10. The molecule has 0 atom stereocenters. The number of rotatable bonds is 5. The number of carbonyl (C=O) groups excluding carboxylic acids is 1. The van der Waals surface area contributed by atoms with Gasteiger partial charge in [-0.1, -0.05) is 48.5 Å². The van der Waals surface area contributed by atoms with Gasteiger partial charge in [0.1, 0.15) is 12.4 Å². The lowest BCUT2D eigenvalue weighted by Crippen LogP contribution is -2.24. The number of fused-ring (bicyclic) bond motifs is 1. The summed E-state index contributed by atoms with van der Waals surface area (Å²) in [6.45, 7) is 0.643. The number of amides is 1. The van der Waals surface area contributed by atoms with E-state index in [4.69, 9.17) is 4.74 Å². The fraction of sp³-hybridized carbons (Fsp3) is 0.111. The van der Waals surface area contributed by atoms with E-state index in [1.807, 2.05) is 66.7 Å². The first-order valence-electron chi connectivity index (χ1n) is 7.37. The highest BCUT2D eigenvalue weighted by atomic mass is 16.5. The fourth-order valence-electron chi connectivity index (χ4n) is 2.14. The number of ether oxygens (including phenoxy) is 1. The lowest BCUT2D eigenvalue weighted by atomic mass is 10.2. The molecule has 1 heterocycles. The molecule has 2 N–H and O–H groups in total. The van der Waals surface area contributed by atoms with Crippen LogP contribution in [0.4, 0.5) is 4.79 Å². The average molecular weight is 307 g/mol. The molecule has 0 radical (unpaired) electrons. The van der Waals surface area contributed by atoms with E-state index in [-0.39, 0.29) is 6.61 Å². The van der Waals surface area contributed by atoms with Gasteiger partial charge >= 0.3 is 6.09 Å². The summed E-state index contributed by atoms with van der Waals surface area (Å²) >= 11 is 0. The van der Waals surface area contributed by atoms with Crippen LogP contribution in [-0.4, -0.2) is 22.6 Å². The van der Waals surface area contributed by atoms with Crippen LogP contribution in [0.1, 0.15) is 11.4 Å². The van der Waals surface area contributed by atoms with Crippen LogP contribution in [0.15, 0.2) is 60.7 Å². The van der Waals surface area contributed by atoms with E-state index in [0.717, 1.165) is 22.4 Å². The lowest BCUT2D eigenvalue weighted by molar-refractivity contribution is 0.141. The molecule has 0 saturated carbocycles. The maximum absolute atomic E-state index is 11.6. The summed E-state index contributed by atoms with van der Waals surface area (Å²) in [5.74, 6) is 0.755. The topological polar surface area (TPSA) is 67.0 Å². The molecule has 5 heteroatoms. The van der Waals surface area contributed by atoms with Gasteiger partial charge in [-0.2, -0.15) is 0 Å². The van der Waals surface area contributed by atoms with E-state index in [1.54, 1.807) is 0 Å². The molecule has 0 bridgehead atoms. The second-order valence-electron chi connectivity index (χ2n) is 4.98. The van der Waals surface area contributed by atoms with Gasteiger partial charge in [-0.25, -0.2) is 9.78 Å². The van der Waals surface area contributed by atoms with Crippen molar-refractivity contribution in [1.29, 1.82) is 0 Å². The first-order valence-corrected chi connectivity index (χ1v) is 7.37. The number of H-pyrrole nitrogens is 1. The normalized spacial score (nSPS) is 11.0. The SMILES string of the molecule is O=C(NCC=Cc1nc2ccccc2[nH]1)OCc1ccccc1. The molecule has 0 saturated heterocycles. The summed E-state index contributed by atoms with van der Waals surface area (Å²) < 4.78 is 5.12. The Hall–Kier alpha value is -3.08. The third-order valence-corrected chi connectivity index (χ3v) is 3.26. The Morgan fingerprint density at radius 2 is 1.91 bits per heavy atom. The monoisotopic (exact) mass is 307 g/mol. The second kappa shape index (κ2) is 7.26. The van der Waals surface area contributed by atoms with Crippen LogP contribution in [0.25, 0.3) is 17.1 Å². The molecule has 3 rings (SSSR count). The minimum absolute atomic E-state index is 0.264. The first-order chi connectivity index (χ1) is 11.3. The summed E-state index contributed by atoms with van der Waals surface area (Å²) in [7, 11) is 0. The zero-order valence-electron chi connectivity index (χ0n) is 12.5. The minimum Gasteiger partial charge on any atom is -0.445 e. The third kappa shape index (κ3) is 4.20. The second-order valence-corrected chi connectivity index (χ2v) is 4.98. The fourth-order valence-corrected chi connectivity index (χ4v) is 2.14. The van der Waals surface area contributed by atoms with Crippen molar-refractivity contribution in [3.63, 3.8) is 0 Å². The van der Waals surface area contributed by atoms with E-state index < -0.39 is 6.09 Å². The number of para-hydroxylation sites is 2. The maximum Gasteiger partial charge on any atom is 0.407 e. The highest BCUT2D eigenvalue weighted by Gasteiger charge is 2.01. The number of hydrogen-bond acceptors (Lipinski definition) is 3. The largest absolute Gasteiger partial charge is 0.445 e. The van der Waals surface area contributed by atoms with Crippen molar-refractivity contribution in [1.82, 2.24) is 15.3 Å². The molecule has 23 heavy (non-hydrogen) atoms. The highest BCUT2D eigenvalue weighted by molar-refractivity contribution is 5.76. The molecule has 0 aliphatic rings. The zero-order valence-corrected chi connectivity index (χ0v) is 12.5. The molecule has 3 aromatic rings. The van der Waals surface area contributed by atoms with Crippen LogP contribution in [-0.2, 0) is 11.3 Å². The van der Waals surface area contributed by atoms with E-state index >= 15 is 0 Å². The molecular formula is C18H17N3O2. The van der Waals surface area contributed by atoms with Gasteiger partial charge < -0.3 is 15.0 Å². The van der Waals surface area contributed by atoms with Gasteiger partial charge in [0, 0.05) is 6.54 Å². The summed E-state index contributed by atoms with van der Waals surface area (Å²) in [4.78, 5) is 19.2. The van der Waals surface area contributed by atoms with Crippen molar-refractivity contribution in [2.45, 2.75) is 6.61 Å². The van der Waals surface area contributed by atoms with Gasteiger partial charge in [-0.05, 0) is 23.8 Å². The molecule has 0 unspecified atom stereocenters. The van der Waals surface area contributed by atoms with Crippen LogP contribution < -0.4 is 5.32 Å². The molecule has 0 spiro atoms. The van der Waals surface area contributed by atoms with Gasteiger partial charge in [0.2, 0.25) is 0 Å². The Kier molecular flexibility index (Phi) is 4.69. The lowest BCUT2D eigenvalue weighted by Gasteiger charge is -2.04. The van der Waals surface area contributed by atoms with Gasteiger partial charge in [-0.15, -0.1) is 0 Å². The number of nitrogens with zero attached hydrogens (tertiary/aromatic N) is 1. The van der Waals surface area contributed by atoms with Crippen molar-refractivity contribution in [2.24, 2.45) is 0 Å². The Labute approximate surface area is 134 Å². The summed E-state index contributed by atoms with van der Waals surface area (Å²) in [6, 6.07) is 17.4. The molecular weight excluding hydrogens is 290 g/mol. The van der Waals surface area contributed by atoms with E-state index in [2.05, 4.69) is 15.3 Å². The number of benzene rings is 2. The Morgan fingerprint density at radius 1 is 1.13 bits per heavy atom. The van der Waals surface area contributed by atoms with Crippen molar-refractivity contribution >= 4 is 23.2 Å². The van der Waals surface area contributed by atoms with Crippen molar-refractivity contribution in [3.8, 4) is 0 Å². The zero-order chi connectivity index (χ0) is 15.9. The van der Waals surface area contributed by atoms with Crippen molar-refractivity contribution < 1.29 is 9.53 Å². The van der Waals surface area contributed by atoms with Crippen LogP contribution in [0, 0.1) is 0 Å². The molecule has 0 aliphatic carbocycles. The summed E-state index contributed by atoms with van der Waals surface area (Å²) in [5.41, 5.74) is 2.87. The van der Waals surface area contributed by atoms with Gasteiger partial charge in [0.25, 0.3) is 0 Å². The number of hydrogen-bond donors (Lipinski definition) is 2. The maximum atomic E-state index is 11.6. The number of carbonyl (C=O) groups is 1. The van der Waals surface area contributed by atoms with Crippen LogP contribution >= 0.6 is 0 Å². The smallest absolute Gasteiger partial charge is 0.407 e.